The molecule has 1 heterocycles. The summed E-state index contributed by atoms with van der Waals surface area (Å²) in [7, 11) is 0. The molecule has 1 aliphatic rings. The summed E-state index contributed by atoms with van der Waals surface area (Å²) in [6, 6.07) is 16.1. The van der Waals surface area contributed by atoms with Crippen LogP contribution in [-0.4, -0.2) is 27.6 Å². The Kier molecular flexibility index (Phi) is 3.49. The third-order valence-electron chi connectivity index (χ3n) is 4.31. The molecule has 0 saturated carbocycles. The number of aromatic nitrogens is 3. The molecular formula is C18H17N5O. The second-order valence-electron chi connectivity index (χ2n) is 5.79. The summed E-state index contributed by atoms with van der Waals surface area (Å²) in [5.41, 5.74) is 9.86. The molecule has 1 amide bonds. The number of fused-ring (bicyclic) bond motifs is 3. The van der Waals surface area contributed by atoms with E-state index in [2.05, 4.69) is 32.6 Å². The number of rotatable bonds is 4. The van der Waals surface area contributed by atoms with Gasteiger partial charge in [-0.15, -0.1) is 5.10 Å². The van der Waals surface area contributed by atoms with Crippen LogP contribution in [0, 0.1) is 0 Å². The number of nitrogens with one attached hydrogen (secondary N) is 2. The van der Waals surface area contributed by atoms with Crippen molar-refractivity contribution in [2.75, 3.05) is 12.3 Å². The van der Waals surface area contributed by atoms with Gasteiger partial charge >= 0.3 is 0 Å². The van der Waals surface area contributed by atoms with Gasteiger partial charge in [0.1, 0.15) is 5.82 Å². The second-order valence-corrected chi connectivity index (χ2v) is 5.79. The first kappa shape index (κ1) is 14.4. The highest BCUT2D eigenvalue weighted by Crippen LogP contribution is 2.44. The first-order chi connectivity index (χ1) is 11.7. The zero-order chi connectivity index (χ0) is 16.5. The third-order valence-corrected chi connectivity index (χ3v) is 4.31. The van der Waals surface area contributed by atoms with E-state index in [0.717, 1.165) is 22.3 Å². The number of carbonyl (C=O) groups excluding carboxylic acids is 1. The highest BCUT2D eigenvalue weighted by molar-refractivity contribution is 5.96. The molecule has 6 nitrogen and oxygen atoms in total. The maximum Gasteiger partial charge on any atom is 0.239 e. The van der Waals surface area contributed by atoms with Crippen LogP contribution in [-0.2, 0) is 11.2 Å². The first-order valence-electron chi connectivity index (χ1n) is 7.87. The van der Waals surface area contributed by atoms with Gasteiger partial charge in [-0.1, -0.05) is 48.5 Å². The van der Waals surface area contributed by atoms with Crippen LogP contribution >= 0.6 is 0 Å². The van der Waals surface area contributed by atoms with Crippen LogP contribution in [0.4, 0.5) is 5.95 Å². The van der Waals surface area contributed by atoms with Gasteiger partial charge in [0.15, 0.2) is 0 Å². The Bertz CT molecular complexity index is 856. The molecule has 0 spiro atoms. The molecule has 1 aromatic heterocycles. The molecule has 0 unspecified atom stereocenters. The van der Waals surface area contributed by atoms with Crippen molar-refractivity contribution in [2.45, 2.75) is 12.3 Å². The number of benzene rings is 2. The summed E-state index contributed by atoms with van der Waals surface area (Å²) in [6.45, 7) is 0.480. The van der Waals surface area contributed by atoms with Crippen LogP contribution < -0.4 is 11.1 Å². The number of nitrogens with two attached hydrogens (primary N) is 1. The number of hydrogen-bond donors (Lipinski definition) is 3. The van der Waals surface area contributed by atoms with Gasteiger partial charge in [0.25, 0.3) is 0 Å². The van der Waals surface area contributed by atoms with Gasteiger partial charge in [0.05, 0.1) is 5.92 Å². The summed E-state index contributed by atoms with van der Waals surface area (Å²) < 4.78 is 0. The number of hydrogen-bond acceptors (Lipinski definition) is 4. The minimum absolute atomic E-state index is 0.000104. The molecule has 1 aliphatic carbocycles. The third kappa shape index (κ3) is 2.42. The van der Waals surface area contributed by atoms with Crippen molar-refractivity contribution in [3.8, 4) is 11.1 Å². The standard InChI is InChI=1S/C18H17N5O/c19-18-21-15(22-23-18)9-10-20-17(24)16-13-7-3-1-5-11(13)12-6-2-4-8-14(12)16/h1-8,16H,9-10H2,(H,20,24)(H3,19,21,22,23). The number of H-pyrrole nitrogens is 1. The summed E-state index contributed by atoms with van der Waals surface area (Å²) in [5, 5.41) is 9.52. The van der Waals surface area contributed by atoms with Crippen molar-refractivity contribution in [1.82, 2.24) is 20.5 Å². The lowest BCUT2D eigenvalue weighted by molar-refractivity contribution is -0.121. The minimum Gasteiger partial charge on any atom is -0.367 e. The van der Waals surface area contributed by atoms with E-state index in [4.69, 9.17) is 5.73 Å². The van der Waals surface area contributed by atoms with Crippen LogP contribution in [0.15, 0.2) is 48.5 Å². The summed E-state index contributed by atoms with van der Waals surface area (Å²) in [4.78, 5) is 16.8. The fourth-order valence-corrected chi connectivity index (χ4v) is 3.27. The molecule has 0 atom stereocenters. The monoisotopic (exact) mass is 319 g/mol. The molecule has 0 bridgehead atoms. The molecule has 2 aromatic carbocycles. The smallest absolute Gasteiger partial charge is 0.239 e. The minimum atomic E-state index is -0.266. The highest BCUT2D eigenvalue weighted by atomic mass is 16.1. The van der Waals surface area contributed by atoms with Gasteiger partial charge in [-0.3, -0.25) is 9.89 Å². The molecule has 0 radical (unpaired) electrons. The number of aromatic amines is 1. The lowest BCUT2D eigenvalue weighted by Gasteiger charge is -2.13. The fraction of sp³-hybridized carbons (Fsp3) is 0.167. The maximum absolute atomic E-state index is 12.8. The molecule has 24 heavy (non-hydrogen) atoms. The number of nitrogen functional groups attached to an aromatic ring is 1. The van der Waals surface area contributed by atoms with E-state index in [-0.39, 0.29) is 17.8 Å². The molecular weight excluding hydrogens is 302 g/mol. The maximum atomic E-state index is 12.8. The molecule has 4 N–H and O–H groups in total. The Labute approximate surface area is 139 Å². The molecule has 0 aliphatic heterocycles. The zero-order valence-electron chi connectivity index (χ0n) is 13.0. The topological polar surface area (TPSA) is 96.7 Å². The van der Waals surface area contributed by atoms with Crippen molar-refractivity contribution < 1.29 is 4.79 Å². The lowest BCUT2D eigenvalue weighted by Crippen LogP contribution is -2.31. The number of carbonyl (C=O) groups is 1. The Hall–Kier alpha value is -3.15. The van der Waals surface area contributed by atoms with E-state index in [0.29, 0.717) is 18.8 Å². The van der Waals surface area contributed by atoms with Crippen LogP contribution in [0.3, 0.4) is 0 Å². The lowest BCUT2D eigenvalue weighted by atomic mass is 9.96. The van der Waals surface area contributed by atoms with E-state index in [1.165, 1.54) is 0 Å². The van der Waals surface area contributed by atoms with E-state index in [1.54, 1.807) is 0 Å². The van der Waals surface area contributed by atoms with Crippen LogP contribution in [0.1, 0.15) is 22.9 Å². The summed E-state index contributed by atoms with van der Waals surface area (Å²) in [5.74, 6) is 0.618. The quantitative estimate of drug-likeness (QED) is 0.684. The number of anilines is 1. The fourth-order valence-electron chi connectivity index (χ4n) is 3.27. The molecule has 3 aromatic rings. The van der Waals surface area contributed by atoms with E-state index in [9.17, 15) is 4.79 Å². The number of amides is 1. The zero-order valence-corrected chi connectivity index (χ0v) is 13.0. The average molecular weight is 319 g/mol. The van der Waals surface area contributed by atoms with Gasteiger partial charge in [0.2, 0.25) is 11.9 Å². The van der Waals surface area contributed by atoms with Crippen LogP contribution in [0.5, 0.6) is 0 Å². The van der Waals surface area contributed by atoms with Crippen LogP contribution in [0.2, 0.25) is 0 Å². The molecule has 0 saturated heterocycles. The Morgan fingerprint density at radius 2 is 1.71 bits per heavy atom. The predicted molar refractivity (Wildman–Crippen MR) is 91.2 cm³/mol. The molecule has 120 valence electrons. The van der Waals surface area contributed by atoms with Crippen LogP contribution in [0.25, 0.3) is 11.1 Å². The number of nitrogens with zero attached hydrogens (tertiary/aromatic N) is 2. The first-order valence-corrected chi connectivity index (χ1v) is 7.87. The van der Waals surface area contributed by atoms with Gasteiger partial charge < -0.3 is 11.1 Å². The normalized spacial score (nSPS) is 12.7. The second kappa shape index (κ2) is 5.81. The summed E-state index contributed by atoms with van der Waals surface area (Å²) >= 11 is 0. The van der Waals surface area contributed by atoms with E-state index in [1.807, 2.05) is 36.4 Å². The Morgan fingerprint density at radius 3 is 2.29 bits per heavy atom. The summed E-state index contributed by atoms with van der Waals surface area (Å²) in [6.07, 6.45) is 0.561. The highest BCUT2D eigenvalue weighted by Gasteiger charge is 2.32. The van der Waals surface area contributed by atoms with Gasteiger partial charge in [-0.25, -0.2) is 0 Å². The van der Waals surface area contributed by atoms with Gasteiger partial charge in [-0.2, -0.15) is 4.98 Å². The Balaban J connectivity index is 1.54. The van der Waals surface area contributed by atoms with E-state index >= 15 is 0 Å². The molecule has 0 fully saturated rings. The molecule has 6 heteroatoms. The van der Waals surface area contributed by atoms with Crippen molar-refractivity contribution >= 4 is 11.9 Å². The predicted octanol–water partition coefficient (Wildman–Crippen LogP) is 1.86. The average Bonchev–Trinajstić information content (AvgIpc) is 3.16. The SMILES string of the molecule is Nc1n[nH]c(CCNC(=O)C2c3ccccc3-c3ccccc32)n1. The van der Waals surface area contributed by atoms with Crippen molar-refractivity contribution in [1.29, 1.82) is 0 Å². The van der Waals surface area contributed by atoms with Crippen molar-refractivity contribution in [2.24, 2.45) is 0 Å². The van der Waals surface area contributed by atoms with Gasteiger partial charge in [0, 0.05) is 13.0 Å². The van der Waals surface area contributed by atoms with Crippen molar-refractivity contribution in [3.63, 3.8) is 0 Å². The largest absolute Gasteiger partial charge is 0.367 e. The van der Waals surface area contributed by atoms with Gasteiger partial charge in [-0.05, 0) is 22.3 Å². The van der Waals surface area contributed by atoms with E-state index < -0.39 is 0 Å². The van der Waals surface area contributed by atoms with Crippen molar-refractivity contribution in [3.05, 3.63) is 65.5 Å². The molecule has 4 rings (SSSR count). The Morgan fingerprint density at radius 1 is 1.08 bits per heavy atom.